The molecule has 0 saturated heterocycles. The smallest absolute Gasteiger partial charge is 0.235 e. The van der Waals surface area contributed by atoms with E-state index in [0.29, 0.717) is 5.76 Å². The van der Waals surface area contributed by atoms with Gasteiger partial charge in [-0.3, -0.25) is 9.59 Å². The number of hydrogen-bond donors (Lipinski definition) is 2. The summed E-state index contributed by atoms with van der Waals surface area (Å²) in [6.07, 6.45) is 1.54. The first-order chi connectivity index (χ1) is 8.63. The SMILES string of the molecule is CC(C)(C)NC(=O)C(C)(C)C(=O)NCc1ccco1. The highest BCUT2D eigenvalue weighted by molar-refractivity contribution is 6.04. The number of rotatable bonds is 4. The summed E-state index contributed by atoms with van der Waals surface area (Å²) in [5, 5.41) is 5.51. The van der Waals surface area contributed by atoms with Crippen LogP contribution in [0, 0.1) is 5.41 Å². The van der Waals surface area contributed by atoms with Gasteiger partial charge in [0.1, 0.15) is 11.2 Å². The molecule has 0 bridgehead atoms. The van der Waals surface area contributed by atoms with Crippen molar-refractivity contribution in [3.63, 3.8) is 0 Å². The van der Waals surface area contributed by atoms with Crippen LogP contribution in [0.25, 0.3) is 0 Å². The summed E-state index contributed by atoms with van der Waals surface area (Å²) in [4.78, 5) is 24.2. The second-order valence-corrected chi connectivity index (χ2v) is 6.09. The van der Waals surface area contributed by atoms with Gasteiger partial charge in [0.25, 0.3) is 0 Å². The van der Waals surface area contributed by atoms with E-state index in [9.17, 15) is 9.59 Å². The van der Waals surface area contributed by atoms with E-state index in [-0.39, 0.29) is 23.9 Å². The molecule has 0 aromatic carbocycles. The van der Waals surface area contributed by atoms with Crippen LogP contribution >= 0.6 is 0 Å². The second kappa shape index (κ2) is 5.47. The Labute approximate surface area is 113 Å². The quantitative estimate of drug-likeness (QED) is 0.817. The van der Waals surface area contributed by atoms with Crippen molar-refractivity contribution in [3.05, 3.63) is 24.2 Å². The molecule has 5 nitrogen and oxygen atoms in total. The Hall–Kier alpha value is -1.78. The Morgan fingerprint density at radius 2 is 1.79 bits per heavy atom. The highest BCUT2D eigenvalue weighted by Gasteiger charge is 2.37. The van der Waals surface area contributed by atoms with Gasteiger partial charge >= 0.3 is 0 Å². The lowest BCUT2D eigenvalue weighted by Gasteiger charge is -2.28. The van der Waals surface area contributed by atoms with Gasteiger partial charge in [-0.1, -0.05) is 0 Å². The average Bonchev–Trinajstić information content (AvgIpc) is 2.76. The molecule has 1 aromatic heterocycles. The predicted octanol–water partition coefficient (Wildman–Crippen LogP) is 1.84. The van der Waals surface area contributed by atoms with Gasteiger partial charge < -0.3 is 15.1 Å². The Bertz CT molecular complexity index is 442. The van der Waals surface area contributed by atoms with Crippen LogP contribution in [0.5, 0.6) is 0 Å². The molecule has 2 amide bonds. The zero-order chi connectivity index (χ0) is 14.7. The fourth-order valence-corrected chi connectivity index (χ4v) is 1.40. The van der Waals surface area contributed by atoms with Crippen molar-refractivity contribution in [2.45, 2.75) is 46.7 Å². The molecule has 5 heteroatoms. The lowest BCUT2D eigenvalue weighted by molar-refractivity contribution is -0.142. The maximum Gasteiger partial charge on any atom is 0.235 e. The molecule has 1 aromatic rings. The maximum absolute atomic E-state index is 12.1. The summed E-state index contributed by atoms with van der Waals surface area (Å²) in [5.41, 5.74) is -1.49. The summed E-state index contributed by atoms with van der Waals surface area (Å²) >= 11 is 0. The number of carbonyl (C=O) groups is 2. The van der Waals surface area contributed by atoms with Crippen molar-refractivity contribution in [1.82, 2.24) is 10.6 Å². The highest BCUT2D eigenvalue weighted by atomic mass is 16.3. The third kappa shape index (κ3) is 4.43. The van der Waals surface area contributed by atoms with Crippen LogP contribution in [0.3, 0.4) is 0 Å². The van der Waals surface area contributed by atoms with E-state index >= 15 is 0 Å². The average molecular weight is 266 g/mol. The van der Waals surface area contributed by atoms with Gasteiger partial charge in [-0.15, -0.1) is 0 Å². The number of furan rings is 1. The maximum atomic E-state index is 12.1. The molecule has 19 heavy (non-hydrogen) atoms. The van der Waals surface area contributed by atoms with E-state index in [4.69, 9.17) is 4.42 Å². The Balaban J connectivity index is 2.60. The van der Waals surface area contributed by atoms with Gasteiger partial charge in [0.2, 0.25) is 11.8 Å². The van der Waals surface area contributed by atoms with Crippen molar-refractivity contribution in [3.8, 4) is 0 Å². The number of carbonyl (C=O) groups excluding carboxylic acids is 2. The van der Waals surface area contributed by atoms with Crippen LogP contribution < -0.4 is 10.6 Å². The second-order valence-electron chi connectivity index (χ2n) is 6.09. The van der Waals surface area contributed by atoms with Crippen molar-refractivity contribution < 1.29 is 14.0 Å². The van der Waals surface area contributed by atoms with E-state index in [1.54, 1.807) is 32.2 Å². The van der Waals surface area contributed by atoms with Crippen LogP contribution in [-0.4, -0.2) is 17.4 Å². The zero-order valence-electron chi connectivity index (χ0n) is 12.2. The monoisotopic (exact) mass is 266 g/mol. The molecule has 1 heterocycles. The minimum atomic E-state index is -1.13. The number of amides is 2. The Morgan fingerprint density at radius 1 is 1.16 bits per heavy atom. The van der Waals surface area contributed by atoms with Crippen LogP contribution in [-0.2, 0) is 16.1 Å². The lowest BCUT2D eigenvalue weighted by Crippen LogP contribution is -2.52. The number of nitrogens with one attached hydrogen (secondary N) is 2. The van der Waals surface area contributed by atoms with Gasteiger partial charge in [-0.25, -0.2) is 0 Å². The van der Waals surface area contributed by atoms with Gasteiger partial charge in [-0.05, 0) is 46.8 Å². The van der Waals surface area contributed by atoms with E-state index in [0.717, 1.165) is 0 Å². The summed E-state index contributed by atoms with van der Waals surface area (Å²) in [5.74, 6) is 0.0305. The van der Waals surface area contributed by atoms with Crippen molar-refractivity contribution in [2.75, 3.05) is 0 Å². The summed E-state index contributed by atoms with van der Waals surface area (Å²) < 4.78 is 5.12. The molecule has 2 N–H and O–H groups in total. The summed E-state index contributed by atoms with van der Waals surface area (Å²) in [7, 11) is 0. The highest BCUT2D eigenvalue weighted by Crippen LogP contribution is 2.17. The molecular formula is C14H22N2O3. The van der Waals surface area contributed by atoms with Crippen molar-refractivity contribution in [1.29, 1.82) is 0 Å². The number of hydrogen-bond acceptors (Lipinski definition) is 3. The first-order valence-corrected chi connectivity index (χ1v) is 6.26. The molecular weight excluding hydrogens is 244 g/mol. The summed E-state index contributed by atoms with van der Waals surface area (Å²) in [6.45, 7) is 9.11. The third-order valence-electron chi connectivity index (χ3n) is 2.63. The third-order valence-corrected chi connectivity index (χ3v) is 2.63. The van der Waals surface area contributed by atoms with E-state index < -0.39 is 5.41 Å². The predicted molar refractivity (Wildman–Crippen MR) is 72.2 cm³/mol. The molecule has 0 unspecified atom stereocenters. The largest absolute Gasteiger partial charge is 0.467 e. The molecule has 0 aliphatic carbocycles. The summed E-state index contributed by atoms with van der Waals surface area (Å²) in [6, 6.07) is 3.52. The molecule has 0 atom stereocenters. The first-order valence-electron chi connectivity index (χ1n) is 6.26. The lowest BCUT2D eigenvalue weighted by atomic mass is 9.89. The van der Waals surface area contributed by atoms with Gasteiger partial charge in [-0.2, -0.15) is 0 Å². The van der Waals surface area contributed by atoms with E-state index in [1.807, 2.05) is 20.8 Å². The standard InChI is InChI=1S/C14H22N2O3/c1-13(2,3)16-12(18)14(4,5)11(17)15-9-10-7-6-8-19-10/h6-8H,9H2,1-5H3,(H,15,17)(H,16,18). The fraction of sp³-hybridized carbons (Fsp3) is 0.571. The van der Waals surface area contributed by atoms with Crippen molar-refractivity contribution in [2.24, 2.45) is 5.41 Å². The van der Waals surface area contributed by atoms with Gasteiger partial charge in [0.15, 0.2) is 0 Å². The Morgan fingerprint density at radius 3 is 2.26 bits per heavy atom. The van der Waals surface area contributed by atoms with E-state index in [2.05, 4.69) is 10.6 Å². The first kappa shape index (κ1) is 15.3. The van der Waals surface area contributed by atoms with Crippen molar-refractivity contribution >= 4 is 11.8 Å². The molecule has 0 fully saturated rings. The van der Waals surface area contributed by atoms with E-state index in [1.165, 1.54) is 0 Å². The minimum absolute atomic E-state index is 0.276. The molecule has 0 spiro atoms. The molecule has 0 aliphatic heterocycles. The normalized spacial score (nSPS) is 12.1. The van der Waals surface area contributed by atoms with Crippen LogP contribution in [0.4, 0.5) is 0 Å². The molecule has 106 valence electrons. The molecule has 0 saturated carbocycles. The molecule has 0 aliphatic rings. The zero-order valence-corrected chi connectivity index (χ0v) is 12.2. The van der Waals surface area contributed by atoms with Crippen LogP contribution in [0.15, 0.2) is 22.8 Å². The minimum Gasteiger partial charge on any atom is -0.467 e. The Kier molecular flexibility index (Phi) is 4.39. The topological polar surface area (TPSA) is 71.3 Å². The van der Waals surface area contributed by atoms with Gasteiger partial charge in [0.05, 0.1) is 12.8 Å². The van der Waals surface area contributed by atoms with Crippen LogP contribution in [0.2, 0.25) is 0 Å². The van der Waals surface area contributed by atoms with Crippen LogP contribution in [0.1, 0.15) is 40.4 Å². The fourth-order valence-electron chi connectivity index (χ4n) is 1.40. The van der Waals surface area contributed by atoms with Gasteiger partial charge in [0, 0.05) is 5.54 Å². The molecule has 0 radical (unpaired) electrons. The molecule has 1 rings (SSSR count).